The van der Waals surface area contributed by atoms with Crippen LogP contribution >= 0.6 is 22.9 Å². The summed E-state index contributed by atoms with van der Waals surface area (Å²) < 4.78 is 14.9. The molecule has 2 N–H and O–H groups in total. The van der Waals surface area contributed by atoms with E-state index in [1.54, 1.807) is 22.2 Å². The number of aromatic nitrogens is 4. The predicted octanol–water partition coefficient (Wildman–Crippen LogP) is 2.82. The quantitative estimate of drug-likeness (QED) is 0.631. The van der Waals surface area contributed by atoms with Crippen molar-refractivity contribution >= 4 is 39.9 Å². The van der Waals surface area contributed by atoms with Crippen molar-refractivity contribution in [3.8, 4) is 0 Å². The number of nitrogens with zero attached hydrogens (tertiary/aromatic N) is 5. The van der Waals surface area contributed by atoms with E-state index in [4.69, 9.17) is 11.6 Å². The molecule has 10 heteroatoms. The largest absolute Gasteiger partial charge is 0.390 e. The molecule has 1 saturated carbocycles. The number of hydrogen-bond acceptors (Lipinski definition) is 7. The first kappa shape index (κ1) is 19.5. The Hall–Kier alpha value is -1.81. The molecule has 0 radical (unpaired) electrons. The van der Waals surface area contributed by atoms with Gasteiger partial charge in [-0.25, -0.2) is 15.0 Å². The fraction of sp³-hybridized carbons (Fsp3) is 0.500. The van der Waals surface area contributed by atoms with Gasteiger partial charge in [0.2, 0.25) is 0 Å². The van der Waals surface area contributed by atoms with E-state index in [9.17, 15) is 14.6 Å². The van der Waals surface area contributed by atoms with Gasteiger partial charge in [-0.3, -0.25) is 4.39 Å². The Balaban J connectivity index is 1.70. The monoisotopic (exact) mass is 425 g/mol. The van der Waals surface area contributed by atoms with Gasteiger partial charge in [-0.2, -0.15) is 0 Å². The Kier molecular flexibility index (Phi) is 5.50. The minimum Gasteiger partial charge on any atom is -0.390 e. The molecule has 4 unspecified atom stereocenters. The summed E-state index contributed by atoms with van der Waals surface area (Å²) in [5.41, 5.74) is 1.15. The molecular weight excluding hydrogens is 405 g/mol. The Morgan fingerprint density at radius 2 is 2.14 bits per heavy atom. The Bertz CT molecular complexity index is 967. The van der Waals surface area contributed by atoms with Crippen molar-refractivity contribution < 1.29 is 14.6 Å². The maximum atomic E-state index is 13.1. The van der Waals surface area contributed by atoms with Crippen LogP contribution in [0.3, 0.4) is 0 Å². The van der Waals surface area contributed by atoms with Gasteiger partial charge in [-0.05, 0) is 24.8 Å². The fourth-order valence-corrected chi connectivity index (χ4v) is 4.90. The molecule has 1 aliphatic rings. The third-order valence-corrected chi connectivity index (χ3v) is 6.74. The zero-order valence-corrected chi connectivity index (χ0v) is 16.8. The van der Waals surface area contributed by atoms with Crippen molar-refractivity contribution in [2.24, 2.45) is 5.92 Å². The van der Waals surface area contributed by atoms with E-state index < -0.39 is 30.8 Å². The Morgan fingerprint density at radius 1 is 1.32 bits per heavy atom. The molecule has 3 aromatic heterocycles. The van der Waals surface area contributed by atoms with Crippen molar-refractivity contribution in [3.05, 3.63) is 34.0 Å². The van der Waals surface area contributed by atoms with E-state index >= 15 is 0 Å². The van der Waals surface area contributed by atoms with E-state index in [1.807, 2.05) is 18.4 Å². The van der Waals surface area contributed by atoms with Crippen LogP contribution in [0.1, 0.15) is 24.3 Å². The van der Waals surface area contributed by atoms with Gasteiger partial charge in [0, 0.05) is 17.3 Å². The second-order valence-corrected chi connectivity index (χ2v) is 8.33. The second-order valence-electron chi connectivity index (χ2n) is 6.93. The highest BCUT2D eigenvalue weighted by molar-refractivity contribution is 7.10. The minimum atomic E-state index is -1.10. The van der Waals surface area contributed by atoms with Gasteiger partial charge >= 0.3 is 0 Å². The number of fused-ring (bicyclic) bond motifs is 1. The lowest BCUT2D eigenvalue weighted by Gasteiger charge is -2.22. The Morgan fingerprint density at radius 3 is 2.79 bits per heavy atom. The number of aliphatic hydroxyl groups is 2. The molecule has 0 aliphatic heterocycles. The molecule has 7 nitrogen and oxygen atoms in total. The average Bonchev–Trinajstić information content (AvgIpc) is 3.38. The van der Waals surface area contributed by atoms with Crippen molar-refractivity contribution in [1.82, 2.24) is 19.5 Å². The van der Waals surface area contributed by atoms with Gasteiger partial charge in [0.1, 0.15) is 12.4 Å². The molecule has 28 heavy (non-hydrogen) atoms. The smallest absolute Gasteiger partial charge is 0.165 e. The van der Waals surface area contributed by atoms with Gasteiger partial charge in [-0.1, -0.05) is 11.6 Å². The third kappa shape index (κ3) is 3.26. The molecule has 0 aromatic carbocycles. The van der Waals surface area contributed by atoms with Crippen molar-refractivity contribution in [1.29, 1.82) is 0 Å². The maximum absolute atomic E-state index is 13.1. The normalized spacial score (nSPS) is 24.9. The number of halogens is 2. The summed E-state index contributed by atoms with van der Waals surface area (Å²) in [5, 5.41) is 23.1. The predicted molar refractivity (Wildman–Crippen MR) is 107 cm³/mol. The van der Waals surface area contributed by atoms with Crippen LogP contribution in [0.15, 0.2) is 24.1 Å². The SMILES string of the molecule is CCN(Cc1sccc1Cl)c1ncnc2c1ncn2C1CC(CF)C(O)C1O. The van der Waals surface area contributed by atoms with Crippen molar-refractivity contribution in [2.75, 3.05) is 18.1 Å². The molecule has 0 saturated heterocycles. The fourth-order valence-electron chi connectivity index (χ4n) is 3.79. The molecular formula is C18H21ClFN5O2S. The molecule has 1 aliphatic carbocycles. The van der Waals surface area contributed by atoms with E-state index in [-0.39, 0.29) is 0 Å². The van der Waals surface area contributed by atoms with E-state index in [0.29, 0.717) is 36.5 Å². The van der Waals surface area contributed by atoms with Gasteiger partial charge in [-0.15, -0.1) is 11.3 Å². The van der Waals surface area contributed by atoms with E-state index in [2.05, 4.69) is 19.9 Å². The van der Waals surface area contributed by atoms with Crippen LogP contribution in [-0.4, -0.2) is 55.2 Å². The van der Waals surface area contributed by atoms with Crippen molar-refractivity contribution in [2.45, 2.75) is 38.1 Å². The van der Waals surface area contributed by atoms with Gasteiger partial charge in [0.15, 0.2) is 17.0 Å². The van der Waals surface area contributed by atoms with E-state index in [0.717, 1.165) is 9.90 Å². The molecule has 150 valence electrons. The van der Waals surface area contributed by atoms with Crippen LogP contribution in [0, 0.1) is 5.92 Å². The number of imidazole rings is 1. The van der Waals surface area contributed by atoms with Gasteiger partial charge in [0.25, 0.3) is 0 Å². The van der Waals surface area contributed by atoms with Crippen LogP contribution in [0.5, 0.6) is 0 Å². The summed E-state index contributed by atoms with van der Waals surface area (Å²) in [5.74, 6) is 0.0812. The minimum absolute atomic E-state index is 0.325. The van der Waals surface area contributed by atoms with Crippen molar-refractivity contribution in [3.63, 3.8) is 0 Å². The lowest BCUT2D eigenvalue weighted by molar-refractivity contribution is 0.00271. The topological polar surface area (TPSA) is 87.3 Å². The summed E-state index contributed by atoms with van der Waals surface area (Å²) in [4.78, 5) is 16.3. The van der Waals surface area contributed by atoms with Crippen LogP contribution in [-0.2, 0) is 6.54 Å². The first-order valence-electron chi connectivity index (χ1n) is 9.11. The standard InChI is InChI=1S/C18H21ClFN5O2S/c1-2-24(7-13-11(19)3-4-28-13)17-14-18(22-8-21-17)25(9-23-14)12-5-10(6-20)15(26)16(12)27/h3-4,8-10,12,15-16,26-27H,2,5-7H2,1H3. The zero-order valence-electron chi connectivity index (χ0n) is 15.2. The molecule has 3 aromatic rings. The first-order chi connectivity index (χ1) is 13.5. The summed E-state index contributed by atoms with van der Waals surface area (Å²) in [6.45, 7) is 2.64. The molecule has 0 bridgehead atoms. The highest BCUT2D eigenvalue weighted by Crippen LogP contribution is 2.38. The number of anilines is 1. The van der Waals surface area contributed by atoms with Gasteiger partial charge in [0.05, 0.1) is 36.7 Å². The number of alkyl halides is 1. The molecule has 4 rings (SSSR count). The summed E-state index contributed by atoms with van der Waals surface area (Å²) in [7, 11) is 0. The third-order valence-electron chi connectivity index (χ3n) is 5.37. The maximum Gasteiger partial charge on any atom is 0.165 e. The average molecular weight is 426 g/mol. The molecule has 0 amide bonds. The number of thiophene rings is 1. The summed E-state index contributed by atoms with van der Waals surface area (Å²) in [6, 6.07) is 1.39. The van der Waals surface area contributed by atoms with E-state index in [1.165, 1.54) is 6.33 Å². The lowest BCUT2D eigenvalue weighted by Crippen LogP contribution is -2.30. The highest BCUT2D eigenvalue weighted by atomic mass is 35.5. The molecule has 4 atom stereocenters. The summed E-state index contributed by atoms with van der Waals surface area (Å²) in [6.07, 6.45) is 1.20. The number of rotatable bonds is 6. The van der Waals surface area contributed by atoms with Gasteiger partial charge < -0.3 is 19.7 Å². The Labute approximate surface area is 170 Å². The zero-order chi connectivity index (χ0) is 19.8. The number of aliphatic hydroxyl groups excluding tert-OH is 2. The summed E-state index contributed by atoms with van der Waals surface area (Å²) >= 11 is 7.83. The highest BCUT2D eigenvalue weighted by Gasteiger charge is 2.43. The van der Waals surface area contributed by atoms with Crippen LogP contribution in [0.25, 0.3) is 11.2 Å². The number of hydrogen-bond donors (Lipinski definition) is 2. The molecule has 3 heterocycles. The molecule has 1 fully saturated rings. The first-order valence-corrected chi connectivity index (χ1v) is 10.4. The molecule has 0 spiro atoms. The van der Waals surface area contributed by atoms with Crippen LogP contribution < -0.4 is 4.90 Å². The lowest BCUT2D eigenvalue weighted by atomic mass is 10.1. The van der Waals surface area contributed by atoms with Crippen LogP contribution in [0.4, 0.5) is 10.2 Å². The second kappa shape index (κ2) is 7.90. The van der Waals surface area contributed by atoms with Crippen LogP contribution in [0.2, 0.25) is 5.02 Å².